The van der Waals surface area contributed by atoms with E-state index in [1.807, 2.05) is 0 Å². The predicted octanol–water partition coefficient (Wildman–Crippen LogP) is -0.605. The van der Waals surface area contributed by atoms with Gasteiger partial charge >= 0.3 is 12.3 Å². The summed E-state index contributed by atoms with van der Waals surface area (Å²) in [6, 6.07) is 0. The van der Waals surface area contributed by atoms with E-state index in [2.05, 4.69) is 4.74 Å². The number of alkyl halides is 3. The summed E-state index contributed by atoms with van der Waals surface area (Å²) in [5.41, 5.74) is 4.79. The number of ether oxygens (including phenoxy) is 1. The number of primary amides is 1. The monoisotopic (exact) mass is 244 g/mol. The van der Waals surface area contributed by atoms with Gasteiger partial charge in [-0.15, -0.1) is 13.2 Å². The number of amides is 1. The molecule has 0 aliphatic heterocycles. The van der Waals surface area contributed by atoms with Crippen molar-refractivity contribution in [1.82, 2.24) is 4.90 Å². The quantitative estimate of drug-likeness (QED) is 0.623. The van der Waals surface area contributed by atoms with Crippen LogP contribution in [0.4, 0.5) is 13.2 Å². The number of carbonyl (C=O) groups excluding carboxylic acids is 1. The molecule has 94 valence electrons. The summed E-state index contributed by atoms with van der Waals surface area (Å²) >= 11 is 0. The molecule has 3 N–H and O–H groups in total. The summed E-state index contributed by atoms with van der Waals surface area (Å²) in [7, 11) is 0. The molecule has 0 heterocycles. The molecule has 0 saturated heterocycles. The van der Waals surface area contributed by atoms with E-state index in [1.165, 1.54) is 0 Å². The number of hydrogen-bond donors (Lipinski definition) is 2. The second kappa shape index (κ2) is 6.28. The van der Waals surface area contributed by atoms with Gasteiger partial charge in [0, 0.05) is 6.54 Å². The molecule has 0 rings (SSSR count). The molecule has 0 aromatic heterocycles. The van der Waals surface area contributed by atoms with Crippen LogP contribution in [0.25, 0.3) is 0 Å². The molecule has 0 radical (unpaired) electrons. The van der Waals surface area contributed by atoms with Crippen molar-refractivity contribution in [3.05, 3.63) is 0 Å². The maximum atomic E-state index is 11.6. The van der Waals surface area contributed by atoms with Gasteiger partial charge in [0.25, 0.3) is 0 Å². The van der Waals surface area contributed by atoms with Crippen molar-refractivity contribution in [3.8, 4) is 0 Å². The van der Waals surface area contributed by atoms with Crippen LogP contribution in [0, 0.1) is 0 Å². The fraction of sp³-hybridized carbons (Fsp3) is 0.714. The molecule has 0 atom stereocenters. The average Bonchev–Trinajstić information content (AvgIpc) is 1.98. The normalized spacial score (nSPS) is 11.8. The van der Waals surface area contributed by atoms with Crippen LogP contribution in [0.2, 0.25) is 0 Å². The first kappa shape index (κ1) is 14.6. The van der Waals surface area contributed by atoms with Crippen molar-refractivity contribution < 1.29 is 32.6 Å². The third-order valence-electron chi connectivity index (χ3n) is 1.41. The van der Waals surface area contributed by atoms with Crippen molar-refractivity contribution in [2.45, 2.75) is 6.36 Å². The molecule has 1 amide bonds. The van der Waals surface area contributed by atoms with Crippen LogP contribution < -0.4 is 5.73 Å². The standard InChI is InChI=1S/C7H11F3N2O4/c8-7(9,10)16-2-1-12(3-5(11)13)4-6(14)15/h1-4H2,(H2,11,13)(H,14,15). The van der Waals surface area contributed by atoms with Crippen LogP contribution in [0.1, 0.15) is 0 Å². The van der Waals surface area contributed by atoms with E-state index < -0.39 is 37.9 Å². The third-order valence-corrected chi connectivity index (χ3v) is 1.41. The number of halogens is 3. The first-order valence-electron chi connectivity index (χ1n) is 4.14. The summed E-state index contributed by atoms with van der Waals surface area (Å²) in [5, 5.41) is 8.40. The van der Waals surface area contributed by atoms with Gasteiger partial charge in [-0.3, -0.25) is 19.2 Å². The topological polar surface area (TPSA) is 92.9 Å². The van der Waals surface area contributed by atoms with Crippen molar-refractivity contribution in [3.63, 3.8) is 0 Å². The summed E-state index contributed by atoms with van der Waals surface area (Å²) in [5.74, 6) is -2.10. The Balaban J connectivity index is 4.01. The minimum absolute atomic E-state index is 0.352. The number of hydrogen-bond acceptors (Lipinski definition) is 4. The Morgan fingerprint density at radius 1 is 1.31 bits per heavy atom. The number of carbonyl (C=O) groups is 2. The number of carboxylic acid groups (broad SMARTS) is 1. The van der Waals surface area contributed by atoms with Gasteiger partial charge in [0.15, 0.2) is 0 Å². The fourth-order valence-corrected chi connectivity index (χ4v) is 0.916. The van der Waals surface area contributed by atoms with E-state index in [9.17, 15) is 22.8 Å². The van der Waals surface area contributed by atoms with Crippen LogP contribution in [0.5, 0.6) is 0 Å². The zero-order valence-electron chi connectivity index (χ0n) is 8.16. The van der Waals surface area contributed by atoms with E-state index >= 15 is 0 Å². The van der Waals surface area contributed by atoms with Gasteiger partial charge in [0.2, 0.25) is 5.91 Å². The first-order chi connectivity index (χ1) is 7.20. The molecule has 0 aromatic carbocycles. The molecule has 0 bridgehead atoms. The summed E-state index contributed by atoms with van der Waals surface area (Å²) < 4.78 is 38.2. The van der Waals surface area contributed by atoms with Crippen LogP contribution in [-0.4, -0.2) is 54.5 Å². The average molecular weight is 244 g/mol. The molecule has 0 spiro atoms. The van der Waals surface area contributed by atoms with Crippen molar-refractivity contribution >= 4 is 11.9 Å². The Morgan fingerprint density at radius 2 is 1.88 bits per heavy atom. The van der Waals surface area contributed by atoms with Gasteiger partial charge in [0.05, 0.1) is 19.7 Å². The number of aliphatic carboxylic acids is 1. The van der Waals surface area contributed by atoms with Gasteiger partial charge in [-0.1, -0.05) is 0 Å². The minimum Gasteiger partial charge on any atom is -0.480 e. The Hall–Kier alpha value is -1.35. The Bertz CT molecular complexity index is 241. The molecular weight excluding hydrogens is 233 g/mol. The Morgan fingerprint density at radius 3 is 2.25 bits per heavy atom. The second-order valence-electron chi connectivity index (χ2n) is 2.86. The predicted molar refractivity (Wildman–Crippen MR) is 45.3 cm³/mol. The van der Waals surface area contributed by atoms with Crippen LogP contribution >= 0.6 is 0 Å². The van der Waals surface area contributed by atoms with Gasteiger partial charge in [0.1, 0.15) is 0 Å². The highest BCUT2D eigenvalue weighted by Crippen LogP contribution is 2.15. The van der Waals surface area contributed by atoms with Gasteiger partial charge in [-0.25, -0.2) is 0 Å². The fourth-order valence-electron chi connectivity index (χ4n) is 0.916. The molecule has 0 unspecified atom stereocenters. The maximum Gasteiger partial charge on any atom is 0.522 e. The van der Waals surface area contributed by atoms with Crippen LogP contribution in [0.15, 0.2) is 0 Å². The van der Waals surface area contributed by atoms with Crippen LogP contribution in [-0.2, 0) is 14.3 Å². The van der Waals surface area contributed by atoms with E-state index in [0.29, 0.717) is 0 Å². The zero-order chi connectivity index (χ0) is 12.8. The number of nitrogens with zero attached hydrogens (tertiary/aromatic N) is 1. The molecule has 9 heteroatoms. The smallest absolute Gasteiger partial charge is 0.480 e. The van der Waals surface area contributed by atoms with E-state index in [0.717, 1.165) is 4.90 Å². The van der Waals surface area contributed by atoms with E-state index in [1.54, 1.807) is 0 Å². The Labute approximate surface area is 88.8 Å². The molecule has 0 aliphatic carbocycles. The van der Waals surface area contributed by atoms with E-state index in [4.69, 9.17) is 10.8 Å². The Kier molecular flexibility index (Phi) is 5.75. The summed E-state index contributed by atoms with van der Waals surface area (Å²) in [4.78, 5) is 21.7. The van der Waals surface area contributed by atoms with Crippen molar-refractivity contribution in [1.29, 1.82) is 0 Å². The lowest BCUT2D eigenvalue weighted by Gasteiger charge is -2.18. The molecule has 0 fully saturated rings. The number of nitrogens with two attached hydrogens (primary N) is 1. The molecule has 0 aliphatic rings. The maximum absolute atomic E-state index is 11.6. The molecule has 0 aromatic rings. The van der Waals surface area contributed by atoms with E-state index in [-0.39, 0.29) is 6.54 Å². The lowest BCUT2D eigenvalue weighted by molar-refractivity contribution is -0.324. The third kappa shape index (κ3) is 9.21. The summed E-state index contributed by atoms with van der Waals surface area (Å²) in [6.45, 7) is -2.13. The van der Waals surface area contributed by atoms with Gasteiger partial charge < -0.3 is 10.8 Å². The number of rotatable bonds is 7. The highest BCUT2D eigenvalue weighted by Gasteiger charge is 2.29. The lowest BCUT2D eigenvalue weighted by Crippen LogP contribution is -2.39. The van der Waals surface area contributed by atoms with Crippen molar-refractivity contribution in [2.24, 2.45) is 5.73 Å². The largest absolute Gasteiger partial charge is 0.522 e. The molecule has 16 heavy (non-hydrogen) atoms. The highest BCUT2D eigenvalue weighted by atomic mass is 19.4. The first-order valence-corrected chi connectivity index (χ1v) is 4.14. The molecule has 0 saturated carbocycles. The summed E-state index contributed by atoms with van der Waals surface area (Å²) in [6.07, 6.45) is -4.78. The van der Waals surface area contributed by atoms with Gasteiger partial charge in [-0.2, -0.15) is 0 Å². The van der Waals surface area contributed by atoms with Crippen molar-refractivity contribution in [2.75, 3.05) is 26.2 Å². The SMILES string of the molecule is NC(=O)CN(CCOC(F)(F)F)CC(=O)O. The zero-order valence-corrected chi connectivity index (χ0v) is 8.16. The van der Waals surface area contributed by atoms with Gasteiger partial charge in [-0.05, 0) is 0 Å². The molecular formula is C7H11F3N2O4. The molecule has 6 nitrogen and oxygen atoms in total. The number of carboxylic acids is 1. The second-order valence-corrected chi connectivity index (χ2v) is 2.86. The van der Waals surface area contributed by atoms with Crippen LogP contribution in [0.3, 0.4) is 0 Å². The highest BCUT2D eigenvalue weighted by molar-refractivity contribution is 5.77. The lowest BCUT2D eigenvalue weighted by atomic mass is 10.4. The minimum atomic E-state index is -4.78.